The lowest BCUT2D eigenvalue weighted by atomic mass is 9.96. The van der Waals surface area contributed by atoms with Gasteiger partial charge in [-0.25, -0.2) is 4.98 Å². The lowest BCUT2D eigenvalue weighted by molar-refractivity contribution is -0.148. The average Bonchev–Trinajstić information content (AvgIpc) is 2.92. The number of methoxy groups -OCH3 is 2. The van der Waals surface area contributed by atoms with Gasteiger partial charge in [-0.1, -0.05) is 18.2 Å². The molecule has 2 heterocycles. The monoisotopic (exact) mass is 531 g/mol. The van der Waals surface area contributed by atoms with Crippen LogP contribution in [0.15, 0.2) is 42.5 Å². The smallest absolute Gasteiger partial charge is 0.416 e. The van der Waals surface area contributed by atoms with E-state index < -0.39 is 11.7 Å². The van der Waals surface area contributed by atoms with Crippen molar-refractivity contribution in [1.82, 2.24) is 10.3 Å². The molecule has 1 saturated heterocycles. The van der Waals surface area contributed by atoms with Gasteiger partial charge in [0.05, 0.1) is 32.3 Å². The third-order valence-corrected chi connectivity index (χ3v) is 6.77. The van der Waals surface area contributed by atoms with Gasteiger partial charge in [-0.2, -0.15) is 13.2 Å². The van der Waals surface area contributed by atoms with Crippen LogP contribution in [0.2, 0.25) is 0 Å². The van der Waals surface area contributed by atoms with E-state index in [-0.39, 0.29) is 30.5 Å². The number of alkyl halides is 3. The van der Waals surface area contributed by atoms with Crippen LogP contribution in [0, 0.1) is 5.92 Å². The van der Waals surface area contributed by atoms with Crippen molar-refractivity contribution in [3.8, 4) is 11.5 Å². The summed E-state index contributed by atoms with van der Waals surface area (Å²) in [6.07, 6.45) is -3.18. The normalized spacial score (nSPS) is 14.5. The van der Waals surface area contributed by atoms with Gasteiger partial charge < -0.3 is 24.4 Å². The van der Waals surface area contributed by atoms with Crippen LogP contribution in [0.4, 0.5) is 19.0 Å². The number of anilines is 1. The van der Waals surface area contributed by atoms with Crippen LogP contribution in [0.1, 0.15) is 36.5 Å². The van der Waals surface area contributed by atoms with Gasteiger partial charge in [0.1, 0.15) is 22.8 Å². The van der Waals surface area contributed by atoms with Crippen molar-refractivity contribution in [3.05, 3.63) is 59.2 Å². The SMILES string of the molecule is CCOC(=O)C1CCN(c2nc3c(OC)ccc(OC)c3cc2CNCc2ccccc2C(F)(F)F)CC1. The van der Waals surface area contributed by atoms with E-state index in [4.69, 9.17) is 19.2 Å². The zero-order chi connectivity index (χ0) is 27.3. The maximum Gasteiger partial charge on any atom is 0.416 e. The van der Waals surface area contributed by atoms with Gasteiger partial charge in [0, 0.05) is 37.1 Å². The van der Waals surface area contributed by atoms with E-state index in [0.717, 1.165) is 17.0 Å². The van der Waals surface area contributed by atoms with Crippen LogP contribution in [-0.2, 0) is 28.8 Å². The molecule has 0 spiro atoms. The number of carbonyl (C=O) groups is 1. The molecule has 0 bridgehead atoms. The second-order valence-electron chi connectivity index (χ2n) is 9.11. The molecule has 0 saturated carbocycles. The molecule has 10 heteroatoms. The number of carbonyl (C=O) groups excluding carboxylic acids is 1. The van der Waals surface area contributed by atoms with E-state index in [1.807, 2.05) is 6.07 Å². The Morgan fingerprint density at radius 1 is 1.03 bits per heavy atom. The third-order valence-electron chi connectivity index (χ3n) is 6.77. The molecule has 0 unspecified atom stereocenters. The van der Waals surface area contributed by atoms with Gasteiger partial charge in [0.25, 0.3) is 0 Å². The number of hydrogen-bond acceptors (Lipinski definition) is 7. The van der Waals surface area contributed by atoms with Crippen molar-refractivity contribution in [1.29, 1.82) is 0 Å². The van der Waals surface area contributed by atoms with Gasteiger partial charge in [0.15, 0.2) is 0 Å². The molecule has 1 aromatic heterocycles. The molecule has 1 N–H and O–H groups in total. The highest BCUT2D eigenvalue weighted by Crippen LogP contribution is 2.37. The molecule has 0 aliphatic carbocycles. The molecular weight excluding hydrogens is 499 g/mol. The van der Waals surface area contributed by atoms with Crippen molar-refractivity contribution < 1.29 is 32.2 Å². The second-order valence-corrected chi connectivity index (χ2v) is 9.11. The quantitative estimate of drug-likeness (QED) is 0.374. The largest absolute Gasteiger partial charge is 0.496 e. The van der Waals surface area contributed by atoms with Crippen molar-refractivity contribution in [3.63, 3.8) is 0 Å². The van der Waals surface area contributed by atoms with Crippen molar-refractivity contribution in [2.75, 3.05) is 38.8 Å². The summed E-state index contributed by atoms with van der Waals surface area (Å²) in [7, 11) is 3.14. The Balaban J connectivity index is 1.65. The van der Waals surface area contributed by atoms with Crippen molar-refractivity contribution in [2.45, 2.75) is 39.0 Å². The molecular formula is C28H32F3N3O4. The summed E-state index contributed by atoms with van der Waals surface area (Å²) >= 11 is 0. The molecule has 38 heavy (non-hydrogen) atoms. The van der Waals surface area contributed by atoms with E-state index in [1.54, 1.807) is 39.3 Å². The minimum absolute atomic E-state index is 0.0351. The standard InChI is InChI=1S/C28H32F3N3O4/c1-4-38-27(35)18-11-13-34(14-12-18)26-20(15-21-23(36-2)9-10-24(37-3)25(21)33-26)17-32-16-19-7-5-6-8-22(19)28(29,30)31/h5-10,15,18,32H,4,11-14,16-17H2,1-3H3. The van der Waals surface area contributed by atoms with Gasteiger partial charge in [-0.05, 0) is 49.6 Å². The number of hydrogen-bond donors (Lipinski definition) is 1. The molecule has 1 aliphatic heterocycles. The first-order valence-electron chi connectivity index (χ1n) is 12.6. The Morgan fingerprint density at radius 2 is 1.68 bits per heavy atom. The van der Waals surface area contributed by atoms with Crippen LogP contribution in [-0.4, -0.2) is 44.9 Å². The zero-order valence-electron chi connectivity index (χ0n) is 21.7. The predicted molar refractivity (Wildman–Crippen MR) is 138 cm³/mol. The zero-order valence-corrected chi connectivity index (χ0v) is 21.7. The van der Waals surface area contributed by atoms with Gasteiger partial charge >= 0.3 is 12.1 Å². The average molecular weight is 532 g/mol. The number of fused-ring (bicyclic) bond motifs is 1. The molecule has 1 aliphatic rings. The number of halogens is 3. The fourth-order valence-electron chi connectivity index (χ4n) is 4.86. The first-order valence-corrected chi connectivity index (χ1v) is 12.6. The number of esters is 1. The molecule has 2 aromatic carbocycles. The third kappa shape index (κ3) is 5.96. The summed E-state index contributed by atoms with van der Waals surface area (Å²) in [5.74, 6) is 1.55. The fraction of sp³-hybridized carbons (Fsp3) is 0.429. The van der Waals surface area contributed by atoms with Crippen molar-refractivity contribution in [2.24, 2.45) is 5.92 Å². The second kappa shape index (κ2) is 11.9. The minimum Gasteiger partial charge on any atom is -0.496 e. The summed E-state index contributed by atoms with van der Waals surface area (Å²) in [6.45, 7) is 3.65. The maximum absolute atomic E-state index is 13.5. The highest BCUT2D eigenvalue weighted by molar-refractivity contribution is 5.92. The van der Waals surface area contributed by atoms with Gasteiger partial charge in [-0.15, -0.1) is 0 Å². The summed E-state index contributed by atoms with van der Waals surface area (Å²) in [6, 6.07) is 11.1. The molecule has 0 atom stereocenters. The summed E-state index contributed by atoms with van der Waals surface area (Å²) in [4.78, 5) is 19.3. The molecule has 0 radical (unpaired) electrons. The highest BCUT2D eigenvalue weighted by atomic mass is 19.4. The molecule has 7 nitrogen and oxygen atoms in total. The van der Waals surface area contributed by atoms with E-state index in [0.29, 0.717) is 55.4 Å². The number of aromatic nitrogens is 1. The Labute approximate surface area is 219 Å². The molecule has 4 rings (SSSR count). The molecule has 1 fully saturated rings. The van der Waals surface area contributed by atoms with E-state index >= 15 is 0 Å². The van der Waals surface area contributed by atoms with Crippen LogP contribution in [0.5, 0.6) is 11.5 Å². The number of pyridine rings is 1. The molecule has 3 aromatic rings. The number of nitrogens with one attached hydrogen (secondary N) is 1. The number of ether oxygens (including phenoxy) is 3. The van der Waals surface area contributed by atoms with Crippen molar-refractivity contribution >= 4 is 22.7 Å². The highest BCUT2D eigenvalue weighted by Gasteiger charge is 2.33. The molecule has 0 amide bonds. The number of nitrogens with zero attached hydrogens (tertiary/aromatic N) is 2. The van der Waals surface area contributed by atoms with E-state index in [9.17, 15) is 18.0 Å². The number of benzene rings is 2. The first kappa shape index (κ1) is 27.5. The summed E-state index contributed by atoms with van der Waals surface area (Å²) in [5.41, 5.74) is 0.949. The van der Waals surface area contributed by atoms with Gasteiger partial charge in [-0.3, -0.25) is 4.79 Å². The van der Waals surface area contributed by atoms with Crippen LogP contribution in [0.25, 0.3) is 10.9 Å². The summed E-state index contributed by atoms with van der Waals surface area (Å²) < 4.78 is 56.7. The van der Waals surface area contributed by atoms with E-state index in [1.165, 1.54) is 12.1 Å². The van der Waals surface area contributed by atoms with Gasteiger partial charge in [0.2, 0.25) is 0 Å². The van der Waals surface area contributed by atoms with Crippen LogP contribution < -0.4 is 19.7 Å². The van der Waals surface area contributed by atoms with Crippen LogP contribution in [0.3, 0.4) is 0 Å². The Kier molecular flexibility index (Phi) is 8.61. The fourth-order valence-corrected chi connectivity index (χ4v) is 4.86. The number of piperidine rings is 1. The Hall–Kier alpha value is -3.53. The first-order chi connectivity index (χ1) is 18.3. The Bertz CT molecular complexity index is 1270. The lowest BCUT2D eigenvalue weighted by Gasteiger charge is -2.33. The lowest BCUT2D eigenvalue weighted by Crippen LogP contribution is -2.38. The number of rotatable bonds is 9. The minimum atomic E-state index is -4.43. The van der Waals surface area contributed by atoms with Crippen LogP contribution >= 0.6 is 0 Å². The van der Waals surface area contributed by atoms with E-state index in [2.05, 4.69) is 10.2 Å². The topological polar surface area (TPSA) is 72.9 Å². The summed E-state index contributed by atoms with van der Waals surface area (Å²) in [5, 5.41) is 3.91. The predicted octanol–water partition coefficient (Wildman–Crippen LogP) is 5.34. The maximum atomic E-state index is 13.5. The molecule has 204 valence electrons. The Morgan fingerprint density at radius 3 is 2.34 bits per heavy atom.